The minimum absolute atomic E-state index is 0.533. The summed E-state index contributed by atoms with van der Waals surface area (Å²) >= 11 is 11.4. The van der Waals surface area contributed by atoms with E-state index >= 15 is 0 Å². The number of rotatable bonds is 2. The van der Waals surface area contributed by atoms with Crippen LogP contribution in [-0.4, -0.2) is 5.11 Å². The predicted octanol–water partition coefficient (Wildman–Crippen LogP) is 4.77. The largest absolute Gasteiger partial charge is 0.332 e. The summed E-state index contributed by atoms with van der Waals surface area (Å²) in [6.45, 7) is 4.10. The van der Waals surface area contributed by atoms with Crippen molar-refractivity contribution in [3.8, 4) is 0 Å². The first-order chi connectivity index (χ1) is 9.08. The lowest BCUT2D eigenvalue weighted by Gasteiger charge is -2.15. The van der Waals surface area contributed by atoms with Crippen LogP contribution in [0.4, 0.5) is 11.4 Å². The lowest BCUT2D eigenvalue weighted by Crippen LogP contribution is -2.20. The van der Waals surface area contributed by atoms with Gasteiger partial charge in [0.25, 0.3) is 0 Å². The Morgan fingerprint density at radius 1 is 0.947 bits per heavy atom. The fourth-order valence-corrected chi connectivity index (χ4v) is 2.24. The summed E-state index contributed by atoms with van der Waals surface area (Å²) in [5.74, 6) is 0. The molecule has 2 N–H and O–H groups in total. The van der Waals surface area contributed by atoms with Crippen molar-refractivity contribution in [1.82, 2.24) is 0 Å². The van der Waals surface area contributed by atoms with Gasteiger partial charge in [-0.15, -0.1) is 0 Å². The topological polar surface area (TPSA) is 24.1 Å². The van der Waals surface area contributed by atoms with Crippen molar-refractivity contribution in [2.45, 2.75) is 13.8 Å². The molecule has 19 heavy (non-hydrogen) atoms. The molecule has 0 saturated carbocycles. The number of thiocarbonyl (C=S) groups is 1. The van der Waals surface area contributed by atoms with Gasteiger partial charge in [-0.05, 0) is 49.3 Å². The summed E-state index contributed by atoms with van der Waals surface area (Å²) in [7, 11) is 0. The van der Waals surface area contributed by atoms with Gasteiger partial charge in [-0.25, -0.2) is 0 Å². The van der Waals surface area contributed by atoms with Crippen LogP contribution in [0, 0.1) is 13.8 Å². The molecule has 0 bridgehead atoms. The monoisotopic (exact) mass is 290 g/mol. The molecule has 0 aliphatic heterocycles. The maximum Gasteiger partial charge on any atom is 0.175 e. The zero-order valence-corrected chi connectivity index (χ0v) is 12.4. The van der Waals surface area contributed by atoms with E-state index in [0.717, 1.165) is 22.5 Å². The standard InChI is InChI=1S/C15H15ClN2S/c1-10-6-5-7-11(2)14(10)18-15(19)17-13-9-4-3-8-12(13)16/h3-9H,1-2H3,(H2,17,18,19). The second-order valence-corrected chi connectivity index (χ2v) is 5.14. The molecule has 0 atom stereocenters. The van der Waals surface area contributed by atoms with Crippen LogP contribution in [0.2, 0.25) is 5.02 Å². The zero-order chi connectivity index (χ0) is 13.8. The third-order valence-electron chi connectivity index (χ3n) is 2.84. The Hall–Kier alpha value is -1.58. The third-order valence-corrected chi connectivity index (χ3v) is 3.38. The van der Waals surface area contributed by atoms with Gasteiger partial charge in [0.15, 0.2) is 5.11 Å². The number of nitrogens with one attached hydrogen (secondary N) is 2. The third kappa shape index (κ3) is 3.46. The molecule has 2 nitrogen and oxygen atoms in total. The van der Waals surface area contributed by atoms with E-state index in [1.807, 2.05) is 56.3 Å². The fraction of sp³-hybridized carbons (Fsp3) is 0.133. The Balaban J connectivity index is 2.12. The Morgan fingerprint density at radius 2 is 1.58 bits per heavy atom. The lowest BCUT2D eigenvalue weighted by molar-refractivity contribution is 1.37. The maximum absolute atomic E-state index is 6.08. The summed E-state index contributed by atoms with van der Waals surface area (Å²) in [5, 5.41) is 7.50. The van der Waals surface area contributed by atoms with Gasteiger partial charge >= 0.3 is 0 Å². The molecule has 0 aromatic heterocycles. The molecule has 98 valence electrons. The Labute approximate surface area is 123 Å². The first-order valence-corrected chi connectivity index (χ1v) is 6.75. The smallest absolute Gasteiger partial charge is 0.175 e. The molecule has 0 amide bonds. The Bertz CT molecular complexity index is 591. The van der Waals surface area contributed by atoms with Crippen molar-refractivity contribution >= 4 is 40.3 Å². The summed E-state index contributed by atoms with van der Waals surface area (Å²) < 4.78 is 0. The van der Waals surface area contributed by atoms with E-state index in [-0.39, 0.29) is 0 Å². The summed E-state index contributed by atoms with van der Waals surface area (Å²) in [5.41, 5.74) is 4.14. The molecule has 0 radical (unpaired) electrons. The van der Waals surface area contributed by atoms with Crippen LogP contribution in [0.15, 0.2) is 42.5 Å². The van der Waals surface area contributed by atoms with Crippen molar-refractivity contribution in [2.24, 2.45) is 0 Å². The van der Waals surface area contributed by atoms with Crippen molar-refractivity contribution in [1.29, 1.82) is 0 Å². The molecule has 0 saturated heterocycles. The Morgan fingerprint density at radius 3 is 2.21 bits per heavy atom. The number of benzene rings is 2. The fourth-order valence-electron chi connectivity index (χ4n) is 1.84. The molecule has 0 heterocycles. The second-order valence-electron chi connectivity index (χ2n) is 4.33. The molecule has 0 fully saturated rings. The maximum atomic E-state index is 6.08. The Kier molecular flexibility index (Phi) is 4.40. The number of aryl methyl sites for hydroxylation is 2. The van der Waals surface area contributed by atoms with E-state index in [2.05, 4.69) is 10.6 Å². The van der Waals surface area contributed by atoms with Gasteiger partial charge in [-0.3, -0.25) is 0 Å². The molecule has 0 unspecified atom stereocenters. The number of para-hydroxylation sites is 2. The molecule has 2 aromatic rings. The van der Waals surface area contributed by atoms with Gasteiger partial charge in [0.05, 0.1) is 10.7 Å². The number of hydrogen-bond donors (Lipinski definition) is 2. The first kappa shape index (κ1) is 13.8. The highest BCUT2D eigenvalue weighted by molar-refractivity contribution is 7.80. The van der Waals surface area contributed by atoms with E-state index in [4.69, 9.17) is 23.8 Å². The van der Waals surface area contributed by atoms with Gasteiger partial charge in [0.2, 0.25) is 0 Å². The van der Waals surface area contributed by atoms with Gasteiger partial charge in [0.1, 0.15) is 0 Å². The van der Waals surface area contributed by atoms with Crippen LogP contribution in [0.25, 0.3) is 0 Å². The highest BCUT2D eigenvalue weighted by Gasteiger charge is 2.05. The number of anilines is 2. The summed E-state index contributed by atoms with van der Waals surface area (Å²) in [6, 6.07) is 13.6. The molecule has 2 rings (SSSR count). The van der Waals surface area contributed by atoms with Crippen molar-refractivity contribution in [3.63, 3.8) is 0 Å². The molecule has 0 aliphatic carbocycles. The second kappa shape index (κ2) is 6.04. The van der Waals surface area contributed by atoms with Crippen LogP contribution < -0.4 is 10.6 Å². The average Bonchev–Trinajstić information content (AvgIpc) is 2.37. The van der Waals surface area contributed by atoms with Crippen LogP contribution in [0.5, 0.6) is 0 Å². The number of halogens is 1. The van der Waals surface area contributed by atoms with Crippen LogP contribution in [0.3, 0.4) is 0 Å². The van der Waals surface area contributed by atoms with Crippen molar-refractivity contribution < 1.29 is 0 Å². The first-order valence-electron chi connectivity index (χ1n) is 5.96. The highest BCUT2D eigenvalue weighted by Crippen LogP contribution is 2.22. The van der Waals surface area contributed by atoms with Crippen LogP contribution in [0.1, 0.15) is 11.1 Å². The predicted molar refractivity (Wildman–Crippen MR) is 87.2 cm³/mol. The normalized spacial score (nSPS) is 10.1. The van der Waals surface area contributed by atoms with Crippen molar-refractivity contribution in [3.05, 3.63) is 58.6 Å². The summed E-state index contributed by atoms with van der Waals surface area (Å²) in [6.07, 6.45) is 0. The van der Waals surface area contributed by atoms with E-state index in [1.54, 1.807) is 0 Å². The number of hydrogen-bond acceptors (Lipinski definition) is 1. The molecular weight excluding hydrogens is 276 g/mol. The van der Waals surface area contributed by atoms with Crippen LogP contribution >= 0.6 is 23.8 Å². The van der Waals surface area contributed by atoms with Gasteiger partial charge < -0.3 is 10.6 Å². The molecule has 0 spiro atoms. The van der Waals surface area contributed by atoms with E-state index in [1.165, 1.54) is 0 Å². The molecule has 0 aliphatic rings. The van der Waals surface area contributed by atoms with Gasteiger partial charge in [0, 0.05) is 5.69 Å². The zero-order valence-electron chi connectivity index (χ0n) is 10.8. The van der Waals surface area contributed by atoms with E-state index in [9.17, 15) is 0 Å². The summed E-state index contributed by atoms with van der Waals surface area (Å²) in [4.78, 5) is 0. The van der Waals surface area contributed by atoms with Crippen LogP contribution in [-0.2, 0) is 0 Å². The van der Waals surface area contributed by atoms with Crippen molar-refractivity contribution in [2.75, 3.05) is 10.6 Å². The van der Waals surface area contributed by atoms with E-state index < -0.39 is 0 Å². The van der Waals surface area contributed by atoms with Gasteiger partial charge in [-0.2, -0.15) is 0 Å². The minimum atomic E-state index is 0.533. The highest BCUT2D eigenvalue weighted by atomic mass is 35.5. The average molecular weight is 291 g/mol. The quantitative estimate of drug-likeness (QED) is 0.779. The van der Waals surface area contributed by atoms with Gasteiger partial charge in [-0.1, -0.05) is 41.9 Å². The lowest BCUT2D eigenvalue weighted by atomic mass is 10.1. The SMILES string of the molecule is Cc1cccc(C)c1NC(=S)Nc1ccccc1Cl. The molecular formula is C15H15ClN2S. The van der Waals surface area contributed by atoms with E-state index in [0.29, 0.717) is 10.1 Å². The minimum Gasteiger partial charge on any atom is -0.332 e. The molecule has 2 aromatic carbocycles. The molecule has 4 heteroatoms.